The molecule has 0 radical (unpaired) electrons. The molecule has 0 aliphatic carbocycles. The van der Waals surface area contributed by atoms with Gasteiger partial charge >= 0.3 is 18.9 Å². The van der Waals surface area contributed by atoms with Gasteiger partial charge in [-0.25, -0.2) is 0 Å². The van der Waals surface area contributed by atoms with Crippen molar-refractivity contribution in [3.63, 3.8) is 0 Å². The van der Waals surface area contributed by atoms with Gasteiger partial charge in [0.1, 0.15) is 0 Å². The fourth-order valence-corrected chi connectivity index (χ4v) is 2.87. The molecule has 0 amide bonds. The van der Waals surface area contributed by atoms with Crippen molar-refractivity contribution in [1.82, 2.24) is 0 Å². The summed E-state index contributed by atoms with van der Waals surface area (Å²) in [6, 6.07) is 0. The second kappa shape index (κ2) is 6.00. The van der Waals surface area contributed by atoms with Crippen molar-refractivity contribution in [2.24, 2.45) is 5.73 Å². The minimum absolute atomic E-state index is 0. The molecule has 0 atom stereocenters. The van der Waals surface area contributed by atoms with Crippen molar-refractivity contribution in [3.8, 4) is 0 Å². The van der Waals surface area contributed by atoms with Crippen LogP contribution >= 0.6 is 23.5 Å². The summed E-state index contributed by atoms with van der Waals surface area (Å²) in [5, 5.41) is 0. The fraction of sp³-hybridized carbons (Fsp3) is 0.800. The molecule has 0 bridgehead atoms. The Bertz CT molecular complexity index is 66.0. The van der Waals surface area contributed by atoms with E-state index in [1.54, 1.807) is 0 Å². The Kier molecular flexibility index (Phi) is 6.84. The molecule has 1 fully saturated rings. The van der Waals surface area contributed by atoms with Crippen LogP contribution in [0.1, 0.15) is 6.42 Å². The van der Waals surface area contributed by atoms with E-state index in [9.17, 15) is 0 Å². The molecule has 1 aliphatic rings. The van der Waals surface area contributed by atoms with Gasteiger partial charge in [0.15, 0.2) is 0 Å². The topological polar surface area (TPSA) is 26.0 Å². The molecule has 1 heterocycles. The van der Waals surface area contributed by atoms with Crippen LogP contribution in [0.4, 0.5) is 0 Å². The first-order chi connectivity index (χ1) is 3.93. The quantitative estimate of drug-likeness (QED) is 0.361. The maximum Gasteiger partial charge on any atom is 1.00 e. The maximum atomic E-state index is 5.42. The van der Waals surface area contributed by atoms with E-state index in [0.29, 0.717) is 0 Å². The van der Waals surface area contributed by atoms with E-state index in [0.717, 1.165) is 6.54 Å². The molecule has 1 aliphatic heterocycles. The number of rotatable bonds is 1. The number of nitrogens with two attached hydrogens (primary N) is 1. The summed E-state index contributed by atoms with van der Waals surface area (Å²) in [7, 11) is 0. The second-order valence-electron chi connectivity index (χ2n) is 1.63. The van der Waals surface area contributed by atoms with Crippen molar-refractivity contribution in [1.29, 1.82) is 0 Å². The maximum absolute atomic E-state index is 5.42. The van der Waals surface area contributed by atoms with Crippen LogP contribution in [0.15, 0.2) is 0 Å². The van der Waals surface area contributed by atoms with E-state index < -0.39 is 0 Å². The van der Waals surface area contributed by atoms with Crippen LogP contribution < -0.4 is 24.6 Å². The van der Waals surface area contributed by atoms with Crippen LogP contribution in [0.3, 0.4) is 0 Å². The predicted molar refractivity (Wildman–Crippen MR) is 41.8 cm³/mol. The molecule has 9 heavy (non-hydrogen) atoms. The van der Waals surface area contributed by atoms with Gasteiger partial charge in [0, 0.05) is 0 Å². The van der Waals surface area contributed by atoms with Crippen molar-refractivity contribution < 1.29 is 18.9 Å². The Morgan fingerprint density at radius 1 is 1.33 bits per heavy atom. The average Bonchev–Trinajstić information content (AvgIpc) is 1.90. The zero-order valence-electron chi connectivity index (χ0n) is 5.72. The van der Waals surface area contributed by atoms with Crippen molar-refractivity contribution in [2.45, 2.75) is 6.42 Å². The summed E-state index contributed by atoms with van der Waals surface area (Å²) in [6.07, 6.45) is 1.35. The summed E-state index contributed by atoms with van der Waals surface area (Å²) in [5.74, 6) is 2.55. The summed E-state index contributed by atoms with van der Waals surface area (Å²) < 4.78 is 1.41. The van der Waals surface area contributed by atoms with Gasteiger partial charge < -0.3 is 29.3 Å². The van der Waals surface area contributed by atoms with Crippen LogP contribution in [0.2, 0.25) is 0 Å². The third-order valence-corrected chi connectivity index (χ3v) is 3.65. The molecule has 1 rings (SSSR count). The van der Waals surface area contributed by atoms with Gasteiger partial charge in [-0.1, -0.05) is 0 Å². The number of hydrogen-bond acceptors (Lipinski definition) is 3. The molecular weight excluding hydrogens is 145 g/mol. The minimum Gasteiger partial charge on any atom is -0.358 e. The van der Waals surface area contributed by atoms with Crippen molar-refractivity contribution in [3.05, 3.63) is 4.58 Å². The van der Waals surface area contributed by atoms with Gasteiger partial charge in [-0.2, -0.15) is 4.58 Å². The van der Waals surface area contributed by atoms with E-state index >= 15 is 0 Å². The van der Waals surface area contributed by atoms with Crippen LogP contribution in [-0.2, 0) is 0 Å². The van der Waals surface area contributed by atoms with Crippen LogP contribution in [0, 0.1) is 4.58 Å². The molecule has 0 spiro atoms. The van der Waals surface area contributed by atoms with Crippen molar-refractivity contribution >= 4 is 23.5 Å². The standard InChI is InChI=1S/C5H10NS2.Li/c6-4-5-7-2-1-3-8-5;/h1-4,6H2;/q-1;+1. The smallest absolute Gasteiger partial charge is 0.358 e. The van der Waals surface area contributed by atoms with Crippen LogP contribution in [0.25, 0.3) is 0 Å². The third kappa shape index (κ3) is 3.85. The van der Waals surface area contributed by atoms with E-state index in [2.05, 4.69) is 0 Å². The number of thioether (sulfide) groups is 2. The van der Waals surface area contributed by atoms with Gasteiger partial charge in [0.2, 0.25) is 0 Å². The molecule has 1 nitrogen and oxygen atoms in total. The largest absolute Gasteiger partial charge is 1.00 e. The van der Waals surface area contributed by atoms with E-state index in [1.807, 2.05) is 23.5 Å². The van der Waals surface area contributed by atoms with Gasteiger partial charge in [-0.3, -0.25) is 0 Å². The first kappa shape index (κ1) is 10.3. The normalized spacial score (nSPS) is 21.0. The van der Waals surface area contributed by atoms with E-state index in [-0.39, 0.29) is 18.9 Å². The van der Waals surface area contributed by atoms with Gasteiger partial charge in [0.25, 0.3) is 0 Å². The minimum atomic E-state index is 0. The summed E-state index contributed by atoms with van der Waals surface area (Å²) in [4.78, 5) is 0. The summed E-state index contributed by atoms with van der Waals surface area (Å²) in [6.45, 7) is 0.759. The Hall–Kier alpha value is 1.26. The SMILES string of the molecule is NC[C-]1SCCCS1.[Li+]. The Balaban J connectivity index is 0.000000640. The fourth-order valence-electron chi connectivity index (χ4n) is 0.590. The summed E-state index contributed by atoms with van der Waals surface area (Å²) >= 11 is 3.84. The molecule has 0 aromatic rings. The molecule has 0 saturated carbocycles. The monoisotopic (exact) mass is 155 g/mol. The number of hydrogen-bond donors (Lipinski definition) is 1. The van der Waals surface area contributed by atoms with E-state index in [4.69, 9.17) is 5.73 Å². The zero-order chi connectivity index (χ0) is 5.82. The Morgan fingerprint density at radius 2 is 1.89 bits per heavy atom. The first-order valence-electron chi connectivity index (χ1n) is 2.75. The van der Waals surface area contributed by atoms with Crippen LogP contribution in [-0.4, -0.2) is 18.1 Å². The molecule has 0 aromatic carbocycles. The molecule has 1 saturated heterocycles. The van der Waals surface area contributed by atoms with Gasteiger partial charge in [0.05, 0.1) is 0 Å². The molecule has 48 valence electrons. The first-order valence-corrected chi connectivity index (χ1v) is 4.72. The predicted octanol–water partition coefficient (Wildman–Crippen LogP) is -1.69. The molecule has 0 aromatic heterocycles. The van der Waals surface area contributed by atoms with Crippen LogP contribution in [0.5, 0.6) is 0 Å². The van der Waals surface area contributed by atoms with Crippen molar-refractivity contribution in [2.75, 3.05) is 18.1 Å². The average molecular weight is 155 g/mol. The zero-order valence-corrected chi connectivity index (χ0v) is 7.36. The molecular formula is C5H10LiNS2. The van der Waals surface area contributed by atoms with Gasteiger partial charge in [-0.05, 0) is 17.9 Å². The summed E-state index contributed by atoms with van der Waals surface area (Å²) in [5.41, 5.74) is 5.42. The molecule has 0 unspecified atom stereocenters. The Labute approximate surface area is 77.1 Å². The third-order valence-electron chi connectivity index (χ3n) is 0.981. The second-order valence-corrected chi connectivity index (χ2v) is 4.26. The van der Waals surface area contributed by atoms with Gasteiger partial charge in [-0.15, -0.1) is 6.54 Å². The Morgan fingerprint density at radius 3 is 2.22 bits per heavy atom. The molecule has 4 heteroatoms. The molecule has 2 N–H and O–H groups in total. The van der Waals surface area contributed by atoms with E-state index in [1.165, 1.54) is 22.5 Å².